The molecule has 0 bridgehead atoms. The molecule has 1 aromatic heterocycles. The van der Waals surface area contributed by atoms with Gasteiger partial charge in [0, 0.05) is 6.04 Å². The van der Waals surface area contributed by atoms with Crippen LogP contribution in [0.3, 0.4) is 0 Å². The Morgan fingerprint density at radius 1 is 1.35 bits per heavy atom. The molecule has 0 spiro atoms. The van der Waals surface area contributed by atoms with Gasteiger partial charge in [-0.25, -0.2) is 0 Å². The van der Waals surface area contributed by atoms with E-state index in [-0.39, 0.29) is 17.9 Å². The van der Waals surface area contributed by atoms with E-state index in [4.69, 9.17) is 5.73 Å². The van der Waals surface area contributed by atoms with Gasteiger partial charge in [-0.3, -0.25) is 4.79 Å². The fourth-order valence-electron chi connectivity index (χ4n) is 2.59. The molecule has 1 saturated carbocycles. The van der Waals surface area contributed by atoms with Crippen molar-refractivity contribution >= 4 is 11.6 Å². The van der Waals surface area contributed by atoms with Crippen LogP contribution in [-0.4, -0.2) is 32.2 Å². The van der Waals surface area contributed by atoms with Crippen molar-refractivity contribution in [1.82, 2.24) is 20.2 Å². The number of tetrazole rings is 1. The molecule has 1 amide bonds. The van der Waals surface area contributed by atoms with Gasteiger partial charge in [-0.1, -0.05) is 18.6 Å². The van der Waals surface area contributed by atoms with Crippen molar-refractivity contribution in [3.05, 3.63) is 30.6 Å². The molecule has 2 aromatic rings. The van der Waals surface area contributed by atoms with Crippen LogP contribution in [0.5, 0.6) is 0 Å². The molecule has 20 heavy (non-hydrogen) atoms. The molecule has 1 aromatic carbocycles. The van der Waals surface area contributed by atoms with Crippen LogP contribution in [0.4, 0.5) is 5.69 Å². The number of carbonyl (C=O) groups excluding carboxylic acids is 1. The molecular formula is C13H16N6O. The molecule has 7 nitrogen and oxygen atoms in total. The van der Waals surface area contributed by atoms with Crippen molar-refractivity contribution in [2.24, 2.45) is 11.7 Å². The van der Waals surface area contributed by atoms with Crippen LogP contribution < -0.4 is 11.1 Å². The molecule has 1 heterocycles. The highest BCUT2D eigenvalue weighted by atomic mass is 16.1. The number of carbonyl (C=O) groups is 1. The average molecular weight is 272 g/mol. The van der Waals surface area contributed by atoms with Crippen LogP contribution in [0.15, 0.2) is 30.6 Å². The molecule has 7 heteroatoms. The van der Waals surface area contributed by atoms with E-state index in [1.165, 1.54) is 11.0 Å². The molecule has 0 saturated heterocycles. The monoisotopic (exact) mass is 272 g/mol. The summed E-state index contributed by atoms with van der Waals surface area (Å²) < 4.78 is 1.52. The predicted molar refractivity (Wildman–Crippen MR) is 73.1 cm³/mol. The maximum Gasteiger partial charge on any atom is 0.229 e. The van der Waals surface area contributed by atoms with Crippen molar-refractivity contribution in [2.45, 2.75) is 25.3 Å². The van der Waals surface area contributed by atoms with E-state index in [1.54, 1.807) is 0 Å². The van der Waals surface area contributed by atoms with Crippen LogP contribution in [0.2, 0.25) is 0 Å². The minimum Gasteiger partial charge on any atom is -0.327 e. The van der Waals surface area contributed by atoms with Crippen molar-refractivity contribution < 1.29 is 4.79 Å². The lowest BCUT2D eigenvalue weighted by Crippen LogP contribution is -2.34. The van der Waals surface area contributed by atoms with E-state index < -0.39 is 0 Å². The fourth-order valence-corrected chi connectivity index (χ4v) is 2.59. The quantitative estimate of drug-likeness (QED) is 0.858. The number of rotatable bonds is 3. The SMILES string of the molecule is NC1CCCC1C(=O)Nc1ccccc1-n1cnnn1. The van der Waals surface area contributed by atoms with Crippen molar-refractivity contribution in [3.63, 3.8) is 0 Å². The molecule has 3 N–H and O–H groups in total. The summed E-state index contributed by atoms with van der Waals surface area (Å²) in [6, 6.07) is 7.36. The third-order valence-corrected chi connectivity index (χ3v) is 3.66. The second-order valence-corrected chi connectivity index (χ2v) is 4.96. The first-order valence-electron chi connectivity index (χ1n) is 6.64. The highest BCUT2D eigenvalue weighted by Crippen LogP contribution is 2.26. The number of aromatic nitrogens is 4. The Balaban J connectivity index is 1.83. The lowest BCUT2D eigenvalue weighted by molar-refractivity contribution is -0.120. The first-order chi connectivity index (χ1) is 9.75. The summed E-state index contributed by atoms with van der Waals surface area (Å²) in [6.07, 6.45) is 4.26. The smallest absolute Gasteiger partial charge is 0.229 e. The fraction of sp³-hybridized carbons (Fsp3) is 0.385. The van der Waals surface area contributed by atoms with Gasteiger partial charge in [0.05, 0.1) is 17.3 Å². The highest BCUT2D eigenvalue weighted by molar-refractivity contribution is 5.95. The number of anilines is 1. The lowest BCUT2D eigenvalue weighted by Gasteiger charge is -2.16. The van der Waals surface area contributed by atoms with E-state index in [1.807, 2.05) is 24.3 Å². The number of benzene rings is 1. The van der Waals surface area contributed by atoms with Crippen LogP contribution >= 0.6 is 0 Å². The molecule has 1 aliphatic rings. The highest BCUT2D eigenvalue weighted by Gasteiger charge is 2.30. The predicted octanol–water partition coefficient (Wildman–Crippen LogP) is 0.728. The second kappa shape index (κ2) is 5.38. The minimum atomic E-state index is -0.114. The average Bonchev–Trinajstić information content (AvgIpc) is 3.10. The summed E-state index contributed by atoms with van der Waals surface area (Å²) in [4.78, 5) is 12.3. The van der Waals surface area contributed by atoms with Crippen LogP contribution in [0.25, 0.3) is 5.69 Å². The molecule has 0 radical (unpaired) electrons. The van der Waals surface area contributed by atoms with Gasteiger partial charge in [0.25, 0.3) is 0 Å². The maximum atomic E-state index is 12.3. The maximum absolute atomic E-state index is 12.3. The number of hydrogen-bond donors (Lipinski definition) is 2. The largest absolute Gasteiger partial charge is 0.327 e. The molecule has 3 rings (SSSR count). The summed E-state index contributed by atoms with van der Waals surface area (Å²) >= 11 is 0. The van der Waals surface area contributed by atoms with Gasteiger partial charge >= 0.3 is 0 Å². The number of amides is 1. The first-order valence-corrected chi connectivity index (χ1v) is 6.64. The molecule has 1 fully saturated rings. The van der Waals surface area contributed by atoms with Crippen molar-refractivity contribution in [2.75, 3.05) is 5.32 Å². The Bertz CT molecular complexity index is 597. The molecule has 2 atom stereocenters. The van der Waals surface area contributed by atoms with Crippen molar-refractivity contribution in [3.8, 4) is 5.69 Å². The molecular weight excluding hydrogens is 256 g/mol. The van der Waals surface area contributed by atoms with Crippen LogP contribution in [-0.2, 0) is 4.79 Å². The van der Waals surface area contributed by atoms with Gasteiger partial charge < -0.3 is 11.1 Å². The van der Waals surface area contributed by atoms with E-state index in [0.29, 0.717) is 5.69 Å². The number of nitrogens with two attached hydrogens (primary N) is 1. The van der Waals surface area contributed by atoms with Crippen LogP contribution in [0, 0.1) is 5.92 Å². The second-order valence-electron chi connectivity index (χ2n) is 4.96. The topological polar surface area (TPSA) is 98.7 Å². The van der Waals surface area contributed by atoms with Crippen molar-refractivity contribution in [1.29, 1.82) is 0 Å². The van der Waals surface area contributed by atoms with Gasteiger partial charge in [-0.05, 0) is 35.4 Å². The zero-order valence-electron chi connectivity index (χ0n) is 10.9. The summed E-state index contributed by atoms with van der Waals surface area (Å²) in [6.45, 7) is 0. The standard InChI is InChI=1S/C13H16N6O/c14-10-5-3-4-9(10)13(20)16-11-6-1-2-7-12(11)19-8-15-17-18-19/h1-2,6-10H,3-5,14H2,(H,16,20). The van der Waals surface area contributed by atoms with Crippen LogP contribution in [0.1, 0.15) is 19.3 Å². The Hall–Kier alpha value is -2.28. The van der Waals surface area contributed by atoms with Gasteiger partial charge in [0.1, 0.15) is 6.33 Å². The molecule has 0 aliphatic heterocycles. The van der Waals surface area contributed by atoms with E-state index in [0.717, 1.165) is 24.9 Å². The van der Waals surface area contributed by atoms with E-state index >= 15 is 0 Å². The molecule has 2 unspecified atom stereocenters. The summed E-state index contributed by atoms with van der Waals surface area (Å²) in [5, 5.41) is 14.0. The Kier molecular flexibility index (Phi) is 3.42. The summed E-state index contributed by atoms with van der Waals surface area (Å²) in [7, 11) is 0. The zero-order valence-corrected chi connectivity index (χ0v) is 10.9. The third-order valence-electron chi connectivity index (χ3n) is 3.66. The lowest BCUT2D eigenvalue weighted by atomic mass is 10.0. The summed E-state index contributed by atoms with van der Waals surface area (Å²) in [5.74, 6) is -0.146. The Labute approximate surface area is 116 Å². The zero-order chi connectivity index (χ0) is 13.9. The Morgan fingerprint density at radius 3 is 2.90 bits per heavy atom. The molecule has 104 valence electrons. The normalized spacial score (nSPS) is 21.9. The van der Waals surface area contributed by atoms with Gasteiger partial charge in [-0.2, -0.15) is 4.68 Å². The number of para-hydroxylation sites is 2. The number of nitrogens with one attached hydrogen (secondary N) is 1. The third kappa shape index (κ3) is 2.39. The van der Waals surface area contributed by atoms with E-state index in [2.05, 4.69) is 20.8 Å². The number of nitrogens with zero attached hydrogens (tertiary/aromatic N) is 4. The number of hydrogen-bond acceptors (Lipinski definition) is 5. The van der Waals surface area contributed by atoms with Gasteiger partial charge in [0.2, 0.25) is 5.91 Å². The molecule has 1 aliphatic carbocycles. The van der Waals surface area contributed by atoms with E-state index in [9.17, 15) is 4.79 Å². The van der Waals surface area contributed by atoms with Gasteiger partial charge in [-0.15, -0.1) is 5.10 Å². The Morgan fingerprint density at radius 2 is 2.20 bits per heavy atom. The first kappa shape index (κ1) is 12.7. The van der Waals surface area contributed by atoms with Gasteiger partial charge in [0.15, 0.2) is 0 Å². The minimum absolute atomic E-state index is 0.0319. The summed E-state index contributed by atoms with van der Waals surface area (Å²) in [5.41, 5.74) is 7.39.